The molecule has 3 heterocycles. The number of amides is 3. The Morgan fingerprint density at radius 3 is 2.51 bits per heavy atom. The molecule has 2 N–H and O–H groups in total. The molecule has 2 aromatic rings. The Bertz CT molecular complexity index is 2010. The van der Waals surface area contributed by atoms with E-state index >= 15 is 0 Å². The number of hydrogen-bond acceptors (Lipinski definition) is 8. The number of fused-ring (bicyclic) bond motifs is 3. The van der Waals surface area contributed by atoms with Gasteiger partial charge in [-0.3, -0.25) is 24.0 Å². The highest BCUT2D eigenvalue weighted by atomic mass is 32.2. The first kappa shape index (κ1) is 39.0. The molecule has 2 aliphatic carbocycles. The van der Waals surface area contributed by atoms with Gasteiger partial charge >= 0.3 is 6.09 Å². The van der Waals surface area contributed by atoms with Crippen LogP contribution in [0.3, 0.4) is 0 Å². The highest BCUT2D eigenvalue weighted by Crippen LogP contribution is 2.57. The number of nitrogens with zero attached hydrogens (tertiary/aromatic N) is 2. The second-order valence-electron chi connectivity index (χ2n) is 17.6. The van der Waals surface area contributed by atoms with Gasteiger partial charge < -0.3 is 15.0 Å². The van der Waals surface area contributed by atoms with E-state index in [1.807, 2.05) is 36.4 Å². The summed E-state index contributed by atoms with van der Waals surface area (Å²) in [5.74, 6) is -2.10. The van der Waals surface area contributed by atoms with Crippen molar-refractivity contribution >= 4 is 39.4 Å². The Labute approximate surface area is 323 Å². The van der Waals surface area contributed by atoms with Crippen molar-refractivity contribution < 1.29 is 36.7 Å². The first-order chi connectivity index (χ1) is 26.0. The average Bonchev–Trinajstić information content (AvgIpc) is 3.92. The first-order valence-corrected chi connectivity index (χ1v) is 21.1. The molecule has 296 valence electrons. The number of Topliss-reactive ketones (excluding diaryl/α,β-unsaturated/α-hetero) is 1. The van der Waals surface area contributed by atoms with Crippen LogP contribution in [0.15, 0.2) is 54.6 Å². The van der Waals surface area contributed by atoms with E-state index in [2.05, 4.69) is 30.8 Å². The molecule has 2 saturated carbocycles. The third-order valence-corrected chi connectivity index (χ3v) is 14.5. The van der Waals surface area contributed by atoms with Crippen molar-refractivity contribution in [1.29, 1.82) is 0 Å². The maximum Gasteiger partial charge on any atom is 0.410 e. The average molecular weight is 777 g/mol. The molecule has 3 fully saturated rings. The monoisotopic (exact) mass is 776 g/mol. The number of carbonyl (C=O) groups excluding carboxylic acids is 4. The number of carbonyl (C=O) groups is 4. The first-order valence-electron chi connectivity index (χ1n) is 19.7. The molecule has 3 amide bonds. The third kappa shape index (κ3) is 8.04. The quantitative estimate of drug-likeness (QED) is 0.317. The van der Waals surface area contributed by atoms with E-state index in [0.717, 1.165) is 36.9 Å². The lowest BCUT2D eigenvalue weighted by atomic mass is 9.87. The summed E-state index contributed by atoms with van der Waals surface area (Å²) in [5.41, 5.74) is 1.61. The van der Waals surface area contributed by atoms with Crippen molar-refractivity contribution in [2.45, 2.75) is 133 Å². The van der Waals surface area contributed by atoms with Gasteiger partial charge in [0.2, 0.25) is 21.8 Å². The number of hydrogen-bond donors (Lipinski definition) is 2. The topological polar surface area (TPSA) is 142 Å². The minimum Gasteiger partial charge on any atom is -0.444 e. The molecule has 11 nitrogen and oxygen atoms in total. The number of nitrogens with one attached hydrogen (secondary N) is 2. The van der Waals surface area contributed by atoms with Crippen LogP contribution in [-0.2, 0) is 47.6 Å². The van der Waals surface area contributed by atoms with Crippen LogP contribution < -0.4 is 10.0 Å². The number of anilines is 1. The van der Waals surface area contributed by atoms with Gasteiger partial charge in [-0.2, -0.15) is 0 Å². The molecule has 0 radical (unpaired) electrons. The molecule has 0 unspecified atom stereocenters. The summed E-state index contributed by atoms with van der Waals surface area (Å²) < 4.78 is 48.1. The number of ether oxygens (including phenoxy) is 1. The van der Waals surface area contributed by atoms with Crippen LogP contribution >= 0.6 is 0 Å². The molecule has 55 heavy (non-hydrogen) atoms. The van der Waals surface area contributed by atoms with Gasteiger partial charge in [0.05, 0.1) is 29.3 Å². The molecule has 5 atom stereocenters. The van der Waals surface area contributed by atoms with E-state index < -0.39 is 56.2 Å². The zero-order valence-corrected chi connectivity index (χ0v) is 33.1. The van der Waals surface area contributed by atoms with Crippen molar-refractivity contribution in [2.75, 3.05) is 11.9 Å². The minimum absolute atomic E-state index is 0.0201. The molecule has 0 bridgehead atoms. The summed E-state index contributed by atoms with van der Waals surface area (Å²) in [4.78, 5) is 59.6. The van der Waals surface area contributed by atoms with Gasteiger partial charge in [0.15, 0.2) is 5.78 Å². The number of rotatable bonds is 6. The van der Waals surface area contributed by atoms with E-state index in [1.54, 1.807) is 19.1 Å². The summed E-state index contributed by atoms with van der Waals surface area (Å²) in [5, 5.41) is 3.47. The van der Waals surface area contributed by atoms with Crippen LogP contribution in [0.1, 0.15) is 109 Å². The number of benzene rings is 2. The smallest absolute Gasteiger partial charge is 0.410 e. The van der Waals surface area contributed by atoms with E-state index in [-0.39, 0.29) is 55.5 Å². The predicted octanol–water partition coefficient (Wildman–Crippen LogP) is 6.51. The van der Waals surface area contributed by atoms with E-state index in [9.17, 15) is 32.0 Å². The zero-order valence-electron chi connectivity index (χ0n) is 32.2. The summed E-state index contributed by atoms with van der Waals surface area (Å²) >= 11 is 0. The highest BCUT2D eigenvalue weighted by molar-refractivity contribution is 7.91. The van der Waals surface area contributed by atoms with Crippen LogP contribution in [-0.4, -0.2) is 71.4 Å². The fourth-order valence-electron chi connectivity index (χ4n) is 8.29. The third-order valence-electron chi connectivity index (χ3n) is 12.4. The molecule has 1 saturated heterocycles. The molecule has 7 rings (SSSR count). The standard InChI is InChI=1S/C42H53FN4O7S/c1-40(2,3)28-14-11-15-30(20-28)44-34-17-9-7-5-6-8-13-29-22-42(29,38(50)45-55(52,53)41(4)18-19-41)23-36(48)35-21-31(25-47(35)37(34)49)54-39(51)46-24-27-12-10-16-33(43)32(27)26-46/h8,10-16,20,29,31,34-35,44H,5-7,9,17-19,21-26H2,1-4H3,(H,45,50)/b13-8-/t29-,31-,34+,35+,42-/m1/s1. The minimum atomic E-state index is -3.95. The molecule has 13 heteroatoms. The van der Waals surface area contributed by atoms with Crippen molar-refractivity contribution in [3.05, 3.63) is 77.1 Å². The Morgan fingerprint density at radius 1 is 1.02 bits per heavy atom. The number of allylic oxidation sites excluding steroid dienone is 2. The van der Waals surface area contributed by atoms with Gasteiger partial charge in [-0.1, -0.05) is 70.0 Å². The zero-order chi connectivity index (χ0) is 39.3. The van der Waals surface area contributed by atoms with Gasteiger partial charge in [0, 0.05) is 30.6 Å². The second-order valence-corrected chi connectivity index (χ2v) is 19.8. The summed E-state index contributed by atoms with van der Waals surface area (Å²) in [6.45, 7) is 8.16. The highest BCUT2D eigenvalue weighted by Gasteiger charge is 2.62. The SMILES string of the molecule is CC(C)(C)c1cccc(N[C@H]2CCCCC/C=C\[C@@H]3C[C@@]3(C(=O)NS(=O)(=O)C3(C)CC3)CC(=O)[C@@H]3C[C@@H](OC(=O)N4Cc5cccc(F)c5C4)CN3C2=O)c1. The molecule has 0 aromatic heterocycles. The van der Waals surface area contributed by atoms with Crippen LogP contribution in [0.4, 0.5) is 14.9 Å². The normalized spacial score (nSPS) is 28.5. The van der Waals surface area contributed by atoms with Crippen LogP contribution in [0.25, 0.3) is 0 Å². The molecule has 2 aromatic carbocycles. The van der Waals surface area contributed by atoms with E-state index in [0.29, 0.717) is 36.8 Å². The number of sulfonamides is 1. The lowest BCUT2D eigenvalue weighted by Crippen LogP contribution is -2.49. The van der Waals surface area contributed by atoms with Crippen LogP contribution in [0.5, 0.6) is 0 Å². The largest absolute Gasteiger partial charge is 0.444 e. The predicted molar refractivity (Wildman–Crippen MR) is 206 cm³/mol. The van der Waals surface area contributed by atoms with Gasteiger partial charge in [0.1, 0.15) is 18.0 Å². The van der Waals surface area contributed by atoms with Gasteiger partial charge in [-0.15, -0.1) is 0 Å². The van der Waals surface area contributed by atoms with Gasteiger partial charge in [-0.05, 0) is 86.1 Å². The van der Waals surface area contributed by atoms with Crippen molar-refractivity contribution in [1.82, 2.24) is 14.5 Å². The Kier molecular flexibility index (Phi) is 10.4. The summed E-state index contributed by atoms with van der Waals surface area (Å²) in [6.07, 6.45) is 7.16. The molecule has 3 aliphatic heterocycles. The Morgan fingerprint density at radius 2 is 1.78 bits per heavy atom. The Balaban J connectivity index is 1.16. The molecule has 5 aliphatic rings. The van der Waals surface area contributed by atoms with Gasteiger partial charge in [-0.25, -0.2) is 17.6 Å². The maximum atomic E-state index is 14.7. The molecule has 0 spiro atoms. The Hall–Kier alpha value is -4.26. The van der Waals surface area contributed by atoms with Crippen molar-refractivity contribution in [2.24, 2.45) is 11.3 Å². The second kappa shape index (κ2) is 14.7. The number of ketones is 1. The van der Waals surface area contributed by atoms with E-state index in [4.69, 9.17) is 4.74 Å². The summed E-state index contributed by atoms with van der Waals surface area (Å²) in [7, 11) is -3.95. The van der Waals surface area contributed by atoms with Gasteiger partial charge in [0.25, 0.3) is 0 Å². The lowest BCUT2D eigenvalue weighted by molar-refractivity contribution is -0.139. The van der Waals surface area contributed by atoms with Crippen molar-refractivity contribution in [3.8, 4) is 0 Å². The molecular weight excluding hydrogens is 724 g/mol. The fraction of sp³-hybridized carbons (Fsp3) is 0.571. The molecular formula is C42H53FN4O7S. The van der Waals surface area contributed by atoms with Crippen LogP contribution in [0, 0.1) is 17.2 Å². The number of halogens is 1. The summed E-state index contributed by atoms with van der Waals surface area (Å²) in [6, 6.07) is 11.0. The maximum absolute atomic E-state index is 14.7. The van der Waals surface area contributed by atoms with Crippen molar-refractivity contribution in [3.63, 3.8) is 0 Å². The lowest BCUT2D eigenvalue weighted by Gasteiger charge is -2.30. The fourth-order valence-corrected chi connectivity index (χ4v) is 9.62. The van der Waals surface area contributed by atoms with Crippen LogP contribution in [0.2, 0.25) is 0 Å². The van der Waals surface area contributed by atoms with E-state index in [1.165, 1.54) is 15.9 Å².